The number of aromatic nitrogens is 1. The number of hydrogen-bond acceptors (Lipinski definition) is 5. The van der Waals surface area contributed by atoms with Gasteiger partial charge in [-0.25, -0.2) is 0 Å². The number of pyridine rings is 1. The van der Waals surface area contributed by atoms with E-state index in [0.717, 1.165) is 48.9 Å². The van der Waals surface area contributed by atoms with E-state index in [4.69, 9.17) is 4.74 Å². The van der Waals surface area contributed by atoms with Crippen LogP contribution in [-0.2, 0) is 4.74 Å². The molecule has 2 aromatic rings. The van der Waals surface area contributed by atoms with E-state index in [0.29, 0.717) is 18.7 Å². The quantitative estimate of drug-likeness (QED) is 0.776. The van der Waals surface area contributed by atoms with Gasteiger partial charge in [0.1, 0.15) is 11.6 Å². The summed E-state index contributed by atoms with van der Waals surface area (Å²) >= 11 is 0. The van der Waals surface area contributed by atoms with Crippen LogP contribution in [0.1, 0.15) is 42.5 Å². The van der Waals surface area contributed by atoms with Crippen LogP contribution in [0, 0.1) is 11.3 Å². The van der Waals surface area contributed by atoms with Gasteiger partial charge in [-0.1, -0.05) is 12.1 Å². The number of benzene rings is 1. The maximum atomic E-state index is 13.4. The van der Waals surface area contributed by atoms with Crippen molar-refractivity contribution in [2.45, 2.75) is 43.7 Å². The fourth-order valence-corrected chi connectivity index (χ4v) is 4.62. The molecule has 3 heterocycles. The summed E-state index contributed by atoms with van der Waals surface area (Å²) in [6.07, 6.45) is 7.95. The van der Waals surface area contributed by atoms with Gasteiger partial charge in [-0.3, -0.25) is 9.78 Å². The summed E-state index contributed by atoms with van der Waals surface area (Å²) in [6.45, 7) is 1.24. The molecule has 2 atom stereocenters. The van der Waals surface area contributed by atoms with Gasteiger partial charge < -0.3 is 14.5 Å². The first kappa shape index (κ1) is 20.4. The number of carbonyl (C=O) groups excluding carboxylic acids is 1. The summed E-state index contributed by atoms with van der Waals surface area (Å²) in [5.74, 6) is -0.144. The molecule has 1 aromatic heterocycles. The first-order valence-electron chi connectivity index (χ1n) is 10.6. The molecule has 0 saturated carbocycles. The first-order chi connectivity index (χ1) is 14.5. The van der Waals surface area contributed by atoms with Crippen molar-refractivity contribution in [2.24, 2.45) is 0 Å². The van der Waals surface area contributed by atoms with Gasteiger partial charge in [0.2, 0.25) is 0 Å². The molecule has 6 heteroatoms. The Labute approximate surface area is 178 Å². The van der Waals surface area contributed by atoms with Gasteiger partial charge in [0.25, 0.3) is 5.91 Å². The minimum absolute atomic E-state index is 0.144. The number of anilines is 1. The minimum Gasteiger partial charge on any atom is -0.378 e. The van der Waals surface area contributed by atoms with E-state index in [2.05, 4.69) is 11.1 Å². The van der Waals surface area contributed by atoms with Crippen molar-refractivity contribution in [1.82, 2.24) is 9.88 Å². The third-order valence-electron chi connectivity index (χ3n) is 6.28. The van der Waals surface area contributed by atoms with Crippen LogP contribution < -0.4 is 4.90 Å². The van der Waals surface area contributed by atoms with Crippen LogP contribution in [0.4, 0.5) is 5.69 Å². The average Bonchev–Trinajstić information content (AvgIpc) is 2.79. The highest BCUT2D eigenvalue weighted by atomic mass is 16.5. The number of likely N-dealkylation sites (tertiary alicyclic amines) is 1. The van der Waals surface area contributed by atoms with Crippen LogP contribution in [0.2, 0.25) is 0 Å². The van der Waals surface area contributed by atoms with Gasteiger partial charge >= 0.3 is 0 Å². The number of carbonyl (C=O) groups is 1. The second kappa shape index (κ2) is 8.45. The van der Waals surface area contributed by atoms with Crippen molar-refractivity contribution in [3.8, 4) is 17.2 Å². The van der Waals surface area contributed by atoms with Crippen molar-refractivity contribution in [2.75, 3.05) is 32.1 Å². The molecular formula is C24H28N4O2. The topological polar surface area (TPSA) is 69.5 Å². The summed E-state index contributed by atoms with van der Waals surface area (Å²) in [7, 11) is 4.01. The molecule has 2 fully saturated rings. The number of nitrogens with zero attached hydrogens (tertiary/aromatic N) is 4. The predicted octanol–water partition coefficient (Wildman–Crippen LogP) is 3.88. The van der Waals surface area contributed by atoms with Crippen molar-refractivity contribution < 1.29 is 9.53 Å². The van der Waals surface area contributed by atoms with Gasteiger partial charge in [0, 0.05) is 50.9 Å². The maximum absolute atomic E-state index is 13.4. The lowest BCUT2D eigenvalue weighted by atomic mass is 9.79. The Morgan fingerprint density at radius 1 is 1.17 bits per heavy atom. The fourth-order valence-electron chi connectivity index (χ4n) is 4.62. The zero-order valence-corrected chi connectivity index (χ0v) is 17.7. The highest BCUT2D eigenvalue weighted by molar-refractivity contribution is 5.95. The number of piperidine rings is 1. The van der Waals surface area contributed by atoms with Crippen molar-refractivity contribution in [3.63, 3.8) is 0 Å². The Morgan fingerprint density at radius 2 is 1.93 bits per heavy atom. The lowest BCUT2D eigenvalue weighted by molar-refractivity contribution is -0.128. The number of nitriles is 1. The monoisotopic (exact) mass is 404 g/mol. The summed E-state index contributed by atoms with van der Waals surface area (Å²) < 4.78 is 6.11. The second-order valence-electron chi connectivity index (χ2n) is 8.41. The third-order valence-corrected chi connectivity index (χ3v) is 6.28. The maximum Gasteiger partial charge on any atom is 0.256 e. The van der Waals surface area contributed by atoms with E-state index < -0.39 is 11.6 Å². The molecule has 0 N–H and O–H groups in total. The molecule has 30 heavy (non-hydrogen) atoms. The van der Waals surface area contributed by atoms with Crippen LogP contribution in [-0.4, -0.2) is 54.7 Å². The number of rotatable bonds is 3. The molecule has 2 aliphatic rings. The lowest BCUT2D eigenvalue weighted by Gasteiger charge is -2.48. The molecule has 2 saturated heterocycles. The van der Waals surface area contributed by atoms with Gasteiger partial charge in [-0.05, 0) is 55.9 Å². The zero-order valence-electron chi connectivity index (χ0n) is 17.7. The molecule has 2 aliphatic heterocycles. The van der Waals surface area contributed by atoms with Crippen molar-refractivity contribution in [3.05, 3.63) is 48.3 Å². The molecule has 156 valence electrons. The third kappa shape index (κ3) is 3.78. The Bertz CT molecular complexity index is 937. The number of ether oxygens (including phenoxy) is 1. The Hall–Kier alpha value is -2.91. The Morgan fingerprint density at radius 3 is 2.60 bits per heavy atom. The Balaban J connectivity index is 1.60. The van der Waals surface area contributed by atoms with Crippen molar-refractivity contribution in [1.29, 1.82) is 5.26 Å². The van der Waals surface area contributed by atoms with E-state index in [1.54, 1.807) is 17.3 Å². The van der Waals surface area contributed by atoms with Gasteiger partial charge in [0.15, 0.2) is 0 Å². The SMILES string of the molecule is CN(C)c1ccc(-c2cncc(C(=O)N3CCCC4(CCCCO4)C3C#N)c2)cc1. The highest BCUT2D eigenvalue weighted by Crippen LogP contribution is 2.39. The van der Waals surface area contributed by atoms with Crippen molar-refractivity contribution >= 4 is 11.6 Å². The van der Waals surface area contributed by atoms with Crippen LogP contribution in [0.25, 0.3) is 11.1 Å². The molecule has 0 radical (unpaired) electrons. The molecule has 1 aromatic carbocycles. The molecule has 2 unspecified atom stereocenters. The van der Waals surface area contributed by atoms with E-state index in [1.807, 2.05) is 49.3 Å². The predicted molar refractivity (Wildman–Crippen MR) is 116 cm³/mol. The fraction of sp³-hybridized carbons (Fsp3) is 0.458. The van der Waals surface area contributed by atoms with Gasteiger partial charge in [-0.15, -0.1) is 0 Å². The minimum atomic E-state index is -0.554. The number of hydrogen-bond donors (Lipinski definition) is 0. The Kier molecular flexibility index (Phi) is 5.74. The summed E-state index contributed by atoms with van der Waals surface area (Å²) in [5.41, 5.74) is 3.00. The largest absolute Gasteiger partial charge is 0.378 e. The second-order valence-corrected chi connectivity index (χ2v) is 8.41. The molecule has 1 amide bonds. The highest BCUT2D eigenvalue weighted by Gasteiger charge is 2.48. The molecule has 0 bridgehead atoms. The van der Waals surface area contributed by atoms with E-state index in [1.165, 1.54) is 0 Å². The summed E-state index contributed by atoms with van der Waals surface area (Å²) in [4.78, 5) is 21.5. The van der Waals surface area contributed by atoms with Crippen LogP contribution in [0.3, 0.4) is 0 Å². The number of amides is 1. The van der Waals surface area contributed by atoms with E-state index in [-0.39, 0.29) is 5.91 Å². The van der Waals surface area contributed by atoms with E-state index >= 15 is 0 Å². The zero-order chi connectivity index (χ0) is 21.1. The first-order valence-corrected chi connectivity index (χ1v) is 10.6. The smallest absolute Gasteiger partial charge is 0.256 e. The lowest BCUT2D eigenvalue weighted by Crippen LogP contribution is -2.60. The van der Waals surface area contributed by atoms with E-state index in [9.17, 15) is 10.1 Å². The normalized spacial score (nSPS) is 23.8. The van der Waals surface area contributed by atoms with Crippen LogP contribution >= 0.6 is 0 Å². The summed E-state index contributed by atoms with van der Waals surface area (Å²) in [5, 5.41) is 9.93. The summed E-state index contributed by atoms with van der Waals surface area (Å²) in [6, 6.07) is 11.9. The standard InChI is InChI=1S/C24H28N4O2/c1-27(2)21-8-6-18(7-9-21)19-14-20(17-26-16-19)23(29)28-12-5-11-24(22(28)15-25)10-3-4-13-30-24/h6-9,14,16-17,22H,3-5,10-13H2,1-2H3. The molecule has 4 rings (SSSR count). The van der Waals surface area contributed by atoms with Crippen LogP contribution in [0.15, 0.2) is 42.7 Å². The molecular weight excluding hydrogens is 376 g/mol. The van der Waals surface area contributed by atoms with Crippen LogP contribution in [0.5, 0.6) is 0 Å². The van der Waals surface area contributed by atoms with Gasteiger partial charge in [-0.2, -0.15) is 5.26 Å². The average molecular weight is 405 g/mol. The molecule has 6 nitrogen and oxygen atoms in total. The molecule has 0 aliphatic carbocycles. The molecule has 1 spiro atoms. The van der Waals surface area contributed by atoms with Gasteiger partial charge in [0.05, 0.1) is 11.6 Å².